The van der Waals surface area contributed by atoms with Gasteiger partial charge in [0, 0.05) is 23.4 Å². The third-order valence-corrected chi connectivity index (χ3v) is 5.51. The van der Waals surface area contributed by atoms with Crippen molar-refractivity contribution in [1.82, 2.24) is 5.32 Å². The van der Waals surface area contributed by atoms with Crippen LogP contribution in [0.25, 0.3) is 0 Å². The summed E-state index contributed by atoms with van der Waals surface area (Å²) in [6, 6.07) is 5.60. The molecule has 2 N–H and O–H groups in total. The van der Waals surface area contributed by atoms with Crippen LogP contribution in [0.4, 0.5) is 0 Å². The minimum atomic E-state index is -1.12. The number of amides is 1. The maximum atomic E-state index is 12.6. The van der Waals surface area contributed by atoms with Gasteiger partial charge in [0.2, 0.25) is 5.91 Å². The molecule has 0 aliphatic carbocycles. The minimum Gasteiger partial charge on any atom is -0.480 e. The molecule has 6 nitrogen and oxygen atoms in total. The second-order valence-corrected chi connectivity index (χ2v) is 8.69. The number of halogens is 1. The first-order chi connectivity index (χ1) is 12.2. The summed E-state index contributed by atoms with van der Waals surface area (Å²) >= 11 is 5.54. The Kier molecular flexibility index (Phi) is 9.97. The Labute approximate surface area is 169 Å². The maximum absolute atomic E-state index is 12.6. The standard InChI is InChI=1S/C17H20BrNO5S2/c1-10(20)26-14(16(22)11-3-5-12(18)6-4-11)9-15(21)19-13(17(23)24)7-8-25-2/h3-6,13-14H,7-9H2,1-2H3,(H,19,21)(H,23,24)/t13-,14?/m0/s1. The van der Waals surface area contributed by atoms with Crippen LogP contribution in [0.15, 0.2) is 28.7 Å². The average molecular weight is 462 g/mol. The normalized spacial score (nSPS) is 12.9. The van der Waals surface area contributed by atoms with Crippen molar-refractivity contribution in [2.24, 2.45) is 0 Å². The van der Waals surface area contributed by atoms with Gasteiger partial charge in [0.05, 0.1) is 5.25 Å². The monoisotopic (exact) mass is 461 g/mol. The van der Waals surface area contributed by atoms with Gasteiger partial charge in [-0.15, -0.1) is 0 Å². The Balaban J connectivity index is 2.84. The first-order valence-electron chi connectivity index (χ1n) is 7.72. The summed E-state index contributed by atoms with van der Waals surface area (Å²) in [5.74, 6) is -1.45. The van der Waals surface area contributed by atoms with Crippen LogP contribution in [-0.2, 0) is 14.4 Å². The highest BCUT2D eigenvalue weighted by Gasteiger charge is 2.27. The average Bonchev–Trinajstić information content (AvgIpc) is 2.57. The van der Waals surface area contributed by atoms with Gasteiger partial charge in [-0.25, -0.2) is 4.79 Å². The van der Waals surface area contributed by atoms with Crippen LogP contribution in [0.5, 0.6) is 0 Å². The lowest BCUT2D eigenvalue weighted by molar-refractivity contribution is -0.141. The predicted octanol–water partition coefficient (Wildman–Crippen LogP) is 2.99. The van der Waals surface area contributed by atoms with Gasteiger partial charge in [0.25, 0.3) is 0 Å². The number of carbonyl (C=O) groups is 4. The van der Waals surface area contributed by atoms with Crippen molar-refractivity contribution in [3.8, 4) is 0 Å². The van der Waals surface area contributed by atoms with E-state index in [0.717, 1.165) is 16.2 Å². The van der Waals surface area contributed by atoms with Crippen LogP contribution in [0.2, 0.25) is 0 Å². The SMILES string of the molecule is CSCC[C@H](NC(=O)CC(SC(C)=O)C(=O)c1ccc(Br)cc1)C(=O)O. The third-order valence-electron chi connectivity index (χ3n) is 3.34. The molecule has 142 valence electrons. The molecule has 0 fully saturated rings. The summed E-state index contributed by atoms with van der Waals surface area (Å²) in [5.41, 5.74) is 0.386. The van der Waals surface area contributed by atoms with E-state index >= 15 is 0 Å². The maximum Gasteiger partial charge on any atom is 0.326 e. The van der Waals surface area contributed by atoms with E-state index in [0.29, 0.717) is 11.3 Å². The predicted molar refractivity (Wildman–Crippen MR) is 108 cm³/mol. The number of carboxylic acid groups (broad SMARTS) is 1. The summed E-state index contributed by atoms with van der Waals surface area (Å²) in [7, 11) is 0. The van der Waals surface area contributed by atoms with Crippen LogP contribution >= 0.6 is 39.5 Å². The number of rotatable bonds is 10. The van der Waals surface area contributed by atoms with Crippen molar-refractivity contribution in [3.63, 3.8) is 0 Å². The molecule has 1 aromatic carbocycles. The first-order valence-corrected chi connectivity index (χ1v) is 10.8. The van der Waals surface area contributed by atoms with Crippen molar-refractivity contribution in [2.45, 2.75) is 31.1 Å². The Morgan fingerprint density at radius 1 is 1.19 bits per heavy atom. The highest BCUT2D eigenvalue weighted by molar-refractivity contribution is 9.10. The minimum absolute atomic E-state index is 0.262. The summed E-state index contributed by atoms with van der Waals surface area (Å²) < 4.78 is 0.806. The second kappa shape index (κ2) is 11.4. The van der Waals surface area contributed by atoms with E-state index in [9.17, 15) is 24.3 Å². The number of carboxylic acids is 1. The van der Waals surface area contributed by atoms with Crippen LogP contribution in [0, 0.1) is 0 Å². The molecule has 0 bridgehead atoms. The molecule has 0 aliphatic rings. The zero-order valence-electron chi connectivity index (χ0n) is 14.4. The van der Waals surface area contributed by atoms with Crippen molar-refractivity contribution in [3.05, 3.63) is 34.3 Å². The molecule has 0 saturated heterocycles. The van der Waals surface area contributed by atoms with Gasteiger partial charge in [0.15, 0.2) is 10.9 Å². The van der Waals surface area contributed by atoms with Gasteiger partial charge in [0.1, 0.15) is 6.04 Å². The second-order valence-electron chi connectivity index (χ2n) is 5.41. The fourth-order valence-electron chi connectivity index (χ4n) is 2.10. The molecule has 0 spiro atoms. The van der Waals surface area contributed by atoms with Crippen LogP contribution < -0.4 is 5.32 Å². The van der Waals surface area contributed by atoms with Crippen molar-refractivity contribution >= 4 is 62.2 Å². The number of nitrogens with one attached hydrogen (secondary N) is 1. The van der Waals surface area contributed by atoms with E-state index in [-0.39, 0.29) is 23.7 Å². The highest BCUT2D eigenvalue weighted by atomic mass is 79.9. The molecule has 1 aromatic rings. The summed E-state index contributed by atoms with van der Waals surface area (Å²) in [6.07, 6.45) is 1.87. The van der Waals surface area contributed by atoms with Gasteiger partial charge in [-0.1, -0.05) is 39.8 Å². The van der Waals surface area contributed by atoms with E-state index in [1.54, 1.807) is 24.3 Å². The van der Waals surface area contributed by atoms with E-state index in [2.05, 4.69) is 21.2 Å². The Bertz CT molecular complexity index is 666. The Morgan fingerprint density at radius 3 is 2.31 bits per heavy atom. The largest absolute Gasteiger partial charge is 0.480 e. The molecule has 1 rings (SSSR count). The number of carbonyl (C=O) groups excluding carboxylic acids is 3. The molecule has 0 aliphatic heterocycles. The lowest BCUT2D eigenvalue weighted by atomic mass is 10.1. The summed E-state index contributed by atoms with van der Waals surface area (Å²) in [5, 5.41) is 10.4. The number of benzene rings is 1. The highest BCUT2D eigenvalue weighted by Crippen LogP contribution is 2.22. The lowest BCUT2D eigenvalue weighted by Crippen LogP contribution is -2.42. The number of hydrogen-bond acceptors (Lipinski definition) is 6. The molecule has 26 heavy (non-hydrogen) atoms. The summed E-state index contributed by atoms with van der Waals surface area (Å²) in [6.45, 7) is 1.32. The van der Waals surface area contributed by atoms with Gasteiger partial charge in [-0.2, -0.15) is 11.8 Å². The number of aliphatic carboxylic acids is 1. The number of hydrogen-bond donors (Lipinski definition) is 2. The van der Waals surface area contributed by atoms with Crippen molar-refractivity contribution < 1.29 is 24.3 Å². The Hall–Kier alpha value is -1.32. The molecular weight excluding hydrogens is 442 g/mol. The zero-order chi connectivity index (χ0) is 19.7. The fraction of sp³-hybridized carbons (Fsp3) is 0.412. The third kappa shape index (κ3) is 7.92. The Morgan fingerprint density at radius 2 is 1.81 bits per heavy atom. The van der Waals surface area contributed by atoms with E-state index in [1.807, 2.05) is 6.26 Å². The van der Waals surface area contributed by atoms with Crippen molar-refractivity contribution in [2.75, 3.05) is 12.0 Å². The van der Waals surface area contributed by atoms with Gasteiger partial charge < -0.3 is 10.4 Å². The number of ketones is 1. The fourth-order valence-corrected chi connectivity index (χ4v) is 3.72. The molecule has 2 atom stereocenters. The van der Waals surface area contributed by atoms with Gasteiger partial charge in [-0.05, 0) is 30.6 Å². The molecule has 1 unspecified atom stereocenters. The van der Waals surface area contributed by atoms with Crippen molar-refractivity contribution in [1.29, 1.82) is 0 Å². The van der Waals surface area contributed by atoms with Crippen LogP contribution in [0.1, 0.15) is 30.1 Å². The number of Topliss-reactive ketones (excluding diaryl/α,β-unsaturated/α-hetero) is 1. The smallest absolute Gasteiger partial charge is 0.326 e. The van der Waals surface area contributed by atoms with E-state index < -0.39 is 23.2 Å². The van der Waals surface area contributed by atoms with E-state index in [4.69, 9.17) is 0 Å². The molecule has 0 heterocycles. The van der Waals surface area contributed by atoms with E-state index in [1.165, 1.54) is 18.7 Å². The molecule has 0 radical (unpaired) electrons. The zero-order valence-corrected chi connectivity index (χ0v) is 17.6. The van der Waals surface area contributed by atoms with Crippen LogP contribution in [0.3, 0.4) is 0 Å². The quantitative estimate of drug-likeness (QED) is 0.516. The molecule has 1 amide bonds. The molecule has 9 heteroatoms. The topological polar surface area (TPSA) is 101 Å². The van der Waals surface area contributed by atoms with Crippen LogP contribution in [-0.4, -0.2) is 51.2 Å². The molecule has 0 aromatic heterocycles. The first kappa shape index (κ1) is 22.7. The lowest BCUT2D eigenvalue weighted by Gasteiger charge is -2.17. The molecular formula is C17H20BrNO5S2. The summed E-state index contributed by atoms with van der Waals surface area (Å²) in [4.78, 5) is 47.6. The van der Waals surface area contributed by atoms with Gasteiger partial charge >= 0.3 is 5.97 Å². The van der Waals surface area contributed by atoms with Gasteiger partial charge in [-0.3, -0.25) is 14.4 Å². The molecule has 0 saturated carbocycles. The number of thioether (sulfide) groups is 2.